The van der Waals surface area contributed by atoms with Crippen molar-refractivity contribution in [3.05, 3.63) is 40.7 Å². The van der Waals surface area contributed by atoms with Crippen LogP contribution in [0.4, 0.5) is 9.52 Å². The van der Waals surface area contributed by atoms with Crippen molar-refractivity contribution in [2.45, 2.75) is 32.7 Å². The fourth-order valence-corrected chi connectivity index (χ4v) is 3.39. The molecule has 0 spiro atoms. The summed E-state index contributed by atoms with van der Waals surface area (Å²) in [5, 5.41) is 12.1. The van der Waals surface area contributed by atoms with Gasteiger partial charge < -0.3 is 10.2 Å². The molecular weight excluding hydrogens is 343 g/mol. The molecule has 1 aliphatic rings. The smallest absolute Gasteiger partial charge is 0.231 e. The van der Waals surface area contributed by atoms with E-state index in [9.17, 15) is 14.0 Å². The lowest BCUT2D eigenvalue weighted by atomic mass is 10.1. The maximum atomic E-state index is 13.0. The van der Waals surface area contributed by atoms with Crippen LogP contribution in [0.3, 0.4) is 0 Å². The number of hydrogen-bond acceptors (Lipinski definition) is 5. The maximum Gasteiger partial charge on any atom is 0.231 e. The summed E-state index contributed by atoms with van der Waals surface area (Å²) >= 11 is 1.35. The van der Waals surface area contributed by atoms with Gasteiger partial charge in [0.1, 0.15) is 10.8 Å². The zero-order valence-electron chi connectivity index (χ0n) is 14.0. The lowest BCUT2D eigenvalue weighted by molar-refractivity contribution is -0.128. The molecule has 6 nitrogen and oxygen atoms in total. The van der Waals surface area contributed by atoms with Crippen molar-refractivity contribution in [1.29, 1.82) is 0 Å². The van der Waals surface area contributed by atoms with E-state index in [1.807, 2.05) is 13.8 Å². The highest BCUT2D eigenvalue weighted by Crippen LogP contribution is 2.25. The van der Waals surface area contributed by atoms with E-state index in [2.05, 4.69) is 15.5 Å². The lowest BCUT2D eigenvalue weighted by Crippen LogP contribution is -2.28. The van der Waals surface area contributed by atoms with E-state index in [0.717, 1.165) is 10.6 Å². The second-order valence-corrected chi connectivity index (χ2v) is 7.40. The Morgan fingerprint density at radius 3 is 2.72 bits per heavy atom. The molecule has 2 aromatic rings. The minimum absolute atomic E-state index is 0.0791. The molecule has 1 saturated heterocycles. The quantitative estimate of drug-likeness (QED) is 0.887. The Labute approximate surface area is 149 Å². The molecule has 2 amide bonds. The summed E-state index contributed by atoms with van der Waals surface area (Å²) in [7, 11) is 0. The zero-order valence-corrected chi connectivity index (χ0v) is 14.8. The molecule has 8 heteroatoms. The van der Waals surface area contributed by atoms with E-state index in [1.54, 1.807) is 17.0 Å². The van der Waals surface area contributed by atoms with Gasteiger partial charge in [-0.1, -0.05) is 37.3 Å². The fraction of sp³-hybridized carbons (Fsp3) is 0.412. The van der Waals surface area contributed by atoms with Gasteiger partial charge in [-0.3, -0.25) is 9.59 Å². The number of anilines is 1. The van der Waals surface area contributed by atoms with Crippen molar-refractivity contribution in [1.82, 2.24) is 15.1 Å². The van der Waals surface area contributed by atoms with E-state index in [4.69, 9.17) is 0 Å². The van der Waals surface area contributed by atoms with Gasteiger partial charge in [0, 0.05) is 25.4 Å². The van der Waals surface area contributed by atoms with Crippen molar-refractivity contribution in [3.8, 4) is 0 Å². The molecule has 0 aliphatic carbocycles. The molecule has 1 aromatic heterocycles. The Morgan fingerprint density at radius 1 is 1.36 bits per heavy atom. The van der Waals surface area contributed by atoms with Crippen LogP contribution >= 0.6 is 11.3 Å². The average Bonchev–Trinajstić information content (AvgIpc) is 3.17. The maximum absolute atomic E-state index is 13.0. The van der Waals surface area contributed by atoms with Crippen LogP contribution in [0.15, 0.2) is 24.3 Å². The van der Waals surface area contributed by atoms with Gasteiger partial charge in [-0.15, -0.1) is 10.2 Å². The standard InChI is InChI=1S/C17H19FN4O2S/c1-10(2)16-20-21-17(25-16)19-15(24)12-7-14(23)22(9-12)8-11-3-5-13(18)6-4-11/h3-6,10,12H,7-9H2,1-2H3,(H,19,21,24). The SMILES string of the molecule is CC(C)c1nnc(NC(=O)C2CC(=O)N(Cc3ccc(F)cc3)C2)s1. The number of nitrogens with one attached hydrogen (secondary N) is 1. The third-order valence-corrected chi connectivity index (χ3v) is 5.18. The number of benzene rings is 1. The molecule has 0 radical (unpaired) electrons. The second kappa shape index (κ2) is 7.26. The minimum Gasteiger partial charge on any atom is -0.338 e. The van der Waals surface area contributed by atoms with Gasteiger partial charge >= 0.3 is 0 Å². The Morgan fingerprint density at radius 2 is 2.08 bits per heavy atom. The van der Waals surface area contributed by atoms with Gasteiger partial charge in [-0.25, -0.2) is 4.39 Å². The number of rotatable bonds is 5. The molecule has 1 unspecified atom stereocenters. The molecule has 0 saturated carbocycles. The highest BCUT2D eigenvalue weighted by molar-refractivity contribution is 7.15. The van der Waals surface area contributed by atoms with E-state index in [1.165, 1.54) is 23.5 Å². The van der Waals surface area contributed by atoms with Crippen molar-refractivity contribution in [2.75, 3.05) is 11.9 Å². The Hall–Kier alpha value is -2.35. The topological polar surface area (TPSA) is 75.2 Å². The molecule has 25 heavy (non-hydrogen) atoms. The molecule has 3 rings (SSSR count). The Bertz CT molecular complexity index is 775. The summed E-state index contributed by atoms with van der Waals surface area (Å²) in [6.45, 7) is 4.74. The van der Waals surface area contributed by atoms with Crippen LogP contribution in [0.25, 0.3) is 0 Å². The number of hydrogen-bond donors (Lipinski definition) is 1. The van der Waals surface area contributed by atoms with Gasteiger partial charge in [0.25, 0.3) is 0 Å². The predicted octanol–water partition coefficient (Wildman–Crippen LogP) is 2.79. The first-order chi connectivity index (χ1) is 11.9. The number of amides is 2. The molecule has 1 aromatic carbocycles. The lowest BCUT2D eigenvalue weighted by Gasteiger charge is -2.16. The number of aromatic nitrogens is 2. The van der Waals surface area contributed by atoms with Gasteiger partial charge in [-0.2, -0.15) is 0 Å². The van der Waals surface area contributed by atoms with Crippen LogP contribution in [-0.4, -0.2) is 33.5 Å². The first-order valence-electron chi connectivity index (χ1n) is 8.09. The summed E-state index contributed by atoms with van der Waals surface area (Å²) in [5.74, 6) is -0.778. The van der Waals surface area contributed by atoms with Gasteiger partial charge in [0.05, 0.1) is 5.92 Å². The third kappa shape index (κ3) is 4.19. The first-order valence-corrected chi connectivity index (χ1v) is 8.90. The molecule has 2 heterocycles. The van der Waals surface area contributed by atoms with Crippen molar-refractivity contribution >= 4 is 28.3 Å². The molecule has 132 valence electrons. The van der Waals surface area contributed by atoms with E-state index in [-0.39, 0.29) is 30.0 Å². The summed E-state index contributed by atoms with van der Waals surface area (Å²) in [6.07, 6.45) is 0.170. The van der Waals surface area contributed by atoms with E-state index >= 15 is 0 Å². The van der Waals surface area contributed by atoms with Gasteiger partial charge in [0.2, 0.25) is 16.9 Å². The first kappa shape index (κ1) is 17.5. The predicted molar refractivity (Wildman–Crippen MR) is 92.6 cm³/mol. The Kier molecular flexibility index (Phi) is 5.08. The summed E-state index contributed by atoms with van der Waals surface area (Å²) in [4.78, 5) is 26.2. The molecular formula is C17H19FN4O2S. The summed E-state index contributed by atoms with van der Waals surface area (Å²) in [6, 6.07) is 6.01. The van der Waals surface area contributed by atoms with Crippen molar-refractivity contribution in [2.24, 2.45) is 5.92 Å². The Balaban J connectivity index is 1.59. The fourth-order valence-electron chi connectivity index (χ4n) is 2.64. The van der Waals surface area contributed by atoms with Crippen LogP contribution in [0.1, 0.15) is 36.8 Å². The van der Waals surface area contributed by atoms with Crippen LogP contribution in [0.2, 0.25) is 0 Å². The average molecular weight is 362 g/mol. The summed E-state index contributed by atoms with van der Waals surface area (Å²) < 4.78 is 13.0. The normalized spacial score (nSPS) is 17.4. The number of halogens is 1. The van der Waals surface area contributed by atoms with Crippen molar-refractivity contribution in [3.63, 3.8) is 0 Å². The largest absolute Gasteiger partial charge is 0.338 e. The summed E-state index contributed by atoms with van der Waals surface area (Å²) in [5.41, 5.74) is 0.835. The molecule has 1 fully saturated rings. The highest BCUT2D eigenvalue weighted by Gasteiger charge is 2.34. The number of carbonyl (C=O) groups is 2. The van der Waals surface area contributed by atoms with Crippen LogP contribution in [0, 0.1) is 11.7 Å². The molecule has 1 atom stereocenters. The molecule has 1 aliphatic heterocycles. The van der Waals surface area contributed by atoms with Crippen LogP contribution in [-0.2, 0) is 16.1 Å². The monoisotopic (exact) mass is 362 g/mol. The molecule has 1 N–H and O–H groups in total. The minimum atomic E-state index is -0.417. The van der Waals surface area contributed by atoms with Gasteiger partial charge in [0.15, 0.2) is 0 Å². The highest BCUT2D eigenvalue weighted by atomic mass is 32.1. The van der Waals surface area contributed by atoms with Crippen molar-refractivity contribution < 1.29 is 14.0 Å². The number of likely N-dealkylation sites (tertiary alicyclic amines) is 1. The van der Waals surface area contributed by atoms with Crippen LogP contribution in [0.5, 0.6) is 0 Å². The second-order valence-electron chi connectivity index (χ2n) is 6.39. The number of carbonyl (C=O) groups excluding carboxylic acids is 2. The van der Waals surface area contributed by atoms with E-state index in [0.29, 0.717) is 18.2 Å². The third-order valence-electron chi connectivity index (χ3n) is 4.04. The number of nitrogens with zero attached hydrogens (tertiary/aromatic N) is 3. The van der Waals surface area contributed by atoms with E-state index < -0.39 is 5.92 Å². The molecule has 0 bridgehead atoms. The van der Waals surface area contributed by atoms with Crippen LogP contribution < -0.4 is 5.32 Å². The zero-order chi connectivity index (χ0) is 18.0. The van der Waals surface area contributed by atoms with Gasteiger partial charge in [-0.05, 0) is 17.7 Å².